The van der Waals surface area contributed by atoms with Crippen molar-refractivity contribution in [2.45, 2.75) is 6.54 Å². The van der Waals surface area contributed by atoms with E-state index in [4.69, 9.17) is 4.74 Å². The number of hydrogen-bond donors (Lipinski definition) is 0. The van der Waals surface area contributed by atoms with Gasteiger partial charge in [-0.1, -0.05) is 41.7 Å². The Balaban J connectivity index is 1.29. The average molecular weight is 485 g/mol. The molecule has 2 aromatic carbocycles. The molecular formula is C24H28N4O3S2. The fraction of sp³-hybridized carbons (Fsp3) is 0.375. The lowest BCUT2D eigenvalue weighted by Crippen LogP contribution is -2.49. The highest BCUT2D eigenvalue weighted by Gasteiger charge is 2.21. The number of hydrogen-bond acceptors (Lipinski definition) is 6. The summed E-state index contributed by atoms with van der Waals surface area (Å²) >= 11 is 2.83. The molecule has 0 atom stereocenters. The molecule has 0 unspecified atom stereocenters. The Morgan fingerprint density at radius 3 is 2.48 bits per heavy atom. The van der Waals surface area contributed by atoms with Gasteiger partial charge in [0.1, 0.15) is 0 Å². The molecule has 1 fully saturated rings. The van der Waals surface area contributed by atoms with E-state index >= 15 is 0 Å². The van der Waals surface area contributed by atoms with Crippen molar-refractivity contribution in [2.75, 3.05) is 56.3 Å². The Morgan fingerprint density at radius 1 is 1.00 bits per heavy atom. The second-order valence-corrected chi connectivity index (χ2v) is 9.69. The van der Waals surface area contributed by atoms with Crippen molar-refractivity contribution in [1.29, 1.82) is 0 Å². The van der Waals surface area contributed by atoms with Gasteiger partial charge in [0.15, 0.2) is 4.80 Å². The number of thiazole rings is 1. The molecule has 1 saturated heterocycles. The third kappa shape index (κ3) is 6.04. The third-order valence-electron chi connectivity index (χ3n) is 5.53. The molecule has 1 aliphatic rings. The quantitative estimate of drug-likeness (QED) is 0.492. The van der Waals surface area contributed by atoms with E-state index in [2.05, 4.69) is 22.0 Å². The monoisotopic (exact) mass is 484 g/mol. The molecule has 7 nitrogen and oxygen atoms in total. The van der Waals surface area contributed by atoms with Crippen LogP contribution in [-0.4, -0.2) is 72.7 Å². The van der Waals surface area contributed by atoms with Crippen LogP contribution in [0.25, 0.3) is 10.2 Å². The minimum absolute atomic E-state index is 0.0810. The highest BCUT2D eigenvalue weighted by Crippen LogP contribution is 2.18. The summed E-state index contributed by atoms with van der Waals surface area (Å²) in [6.45, 7) is 4.22. The summed E-state index contributed by atoms with van der Waals surface area (Å²) in [6.07, 6.45) is 0. The largest absolute Gasteiger partial charge is 0.383 e. The lowest BCUT2D eigenvalue weighted by molar-refractivity contribution is -0.128. The van der Waals surface area contributed by atoms with Gasteiger partial charge in [-0.3, -0.25) is 9.59 Å². The highest BCUT2D eigenvalue weighted by atomic mass is 32.2. The Kier molecular flexibility index (Phi) is 8.20. The molecule has 0 saturated carbocycles. The van der Waals surface area contributed by atoms with Crippen LogP contribution in [0.15, 0.2) is 59.6 Å². The van der Waals surface area contributed by atoms with E-state index in [9.17, 15) is 9.59 Å². The summed E-state index contributed by atoms with van der Waals surface area (Å²) in [6, 6.07) is 18.3. The summed E-state index contributed by atoms with van der Waals surface area (Å²) in [5.74, 6) is 0.341. The molecule has 174 valence electrons. The zero-order chi connectivity index (χ0) is 23.0. The number of piperazine rings is 1. The van der Waals surface area contributed by atoms with Gasteiger partial charge in [-0.2, -0.15) is 4.99 Å². The van der Waals surface area contributed by atoms with Crippen molar-refractivity contribution in [3.8, 4) is 0 Å². The van der Waals surface area contributed by atoms with Crippen LogP contribution in [-0.2, 0) is 20.9 Å². The van der Waals surface area contributed by atoms with Crippen LogP contribution in [0, 0.1) is 0 Å². The molecule has 1 aromatic heterocycles. The van der Waals surface area contributed by atoms with E-state index in [1.54, 1.807) is 7.11 Å². The molecule has 33 heavy (non-hydrogen) atoms. The number of methoxy groups -OCH3 is 1. The van der Waals surface area contributed by atoms with Crippen LogP contribution >= 0.6 is 23.1 Å². The second kappa shape index (κ2) is 11.5. The van der Waals surface area contributed by atoms with Crippen LogP contribution in [0.3, 0.4) is 0 Å². The van der Waals surface area contributed by atoms with Gasteiger partial charge in [0.2, 0.25) is 5.91 Å². The number of para-hydroxylation sites is 2. The highest BCUT2D eigenvalue weighted by molar-refractivity contribution is 8.00. The van der Waals surface area contributed by atoms with E-state index in [0.29, 0.717) is 36.8 Å². The van der Waals surface area contributed by atoms with Crippen LogP contribution in [0.5, 0.6) is 0 Å². The number of benzene rings is 2. The number of carbonyl (C=O) groups is 2. The maximum absolute atomic E-state index is 12.6. The van der Waals surface area contributed by atoms with Gasteiger partial charge in [0, 0.05) is 45.5 Å². The van der Waals surface area contributed by atoms with Crippen molar-refractivity contribution >= 4 is 50.8 Å². The van der Waals surface area contributed by atoms with Crippen LogP contribution in [0.4, 0.5) is 5.69 Å². The molecule has 1 aliphatic heterocycles. The zero-order valence-electron chi connectivity index (χ0n) is 18.7. The maximum atomic E-state index is 12.6. The van der Waals surface area contributed by atoms with E-state index < -0.39 is 0 Å². The van der Waals surface area contributed by atoms with Crippen molar-refractivity contribution in [1.82, 2.24) is 9.47 Å². The molecule has 2 heterocycles. The number of thioether (sulfide) groups is 1. The summed E-state index contributed by atoms with van der Waals surface area (Å²) in [5, 5.41) is 0. The fourth-order valence-electron chi connectivity index (χ4n) is 3.81. The van der Waals surface area contributed by atoms with Crippen molar-refractivity contribution in [2.24, 2.45) is 4.99 Å². The van der Waals surface area contributed by atoms with Crippen LogP contribution < -0.4 is 9.70 Å². The normalized spacial score (nSPS) is 14.8. The summed E-state index contributed by atoms with van der Waals surface area (Å²) < 4.78 is 8.31. The standard InChI is InChI=1S/C24H28N4O3S2/c1-31-16-15-28-20-9-5-6-10-21(20)33-24(28)25-22(29)17-32-18-23(30)27-13-11-26(12-14-27)19-7-3-2-4-8-19/h2-10H,11-18H2,1H3. The van der Waals surface area contributed by atoms with Gasteiger partial charge in [-0.15, -0.1) is 11.8 Å². The fourth-order valence-corrected chi connectivity index (χ4v) is 5.59. The van der Waals surface area contributed by atoms with E-state index in [-0.39, 0.29) is 17.6 Å². The predicted octanol–water partition coefficient (Wildman–Crippen LogP) is 2.86. The number of nitrogens with zero attached hydrogens (tertiary/aromatic N) is 4. The number of ether oxygens (including phenoxy) is 1. The molecule has 0 aliphatic carbocycles. The Labute approximate surface area is 201 Å². The molecule has 0 N–H and O–H groups in total. The van der Waals surface area contributed by atoms with Crippen LogP contribution in [0.1, 0.15) is 0 Å². The first-order valence-electron chi connectivity index (χ1n) is 11.0. The van der Waals surface area contributed by atoms with Crippen molar-refractivity contribution in [3.05, 3.63) is 59.4 Å². The average Bonchev–Trinajstić information content (AvgIpc) is 3.20. The molecule has 3 aromatic rings. The van der Waals surface area contributed by atoms with Gasteiger partial charge in [0.05, 0.1) is 28.3 Å². The molecule has 2 amide bonds. The SMILES string of the molecule is COCCn1c(=NC(=O)CSCC(=O)N2CCN(c3ccccc3)CC2)sc2ccccc21. The molecule has 4 rings (SSSR count). The first-order valence-corrected chi connectivity index (χ1v) is 12.9. The Bertz CT molecular complexity index is 1150. The van der Waals surface area contributed by atoms with Gasteiger partial charge < -0.3 is 19.1 Å². The van der Waals surface area contributed by atoms with Crippen LogP contribution in [0.2, 0.25) is 0 Å². The smallest absolute Gasteiger partial charge is 0.258 e. The first kappa shape index (κ1) is 23.5. The lowest BCUT2D eigenvalue weighted by atomic mass is 10.2. The summed E-state index contributed by atoms with van der Waals surface area (Å²) in [5.41, 5.74) is 2.23. The Morgan fingerprint density at radius 2 is 1.73 bits per heavy atom. The van der Waals surface area contributed by atoms with E-state index in [0.717, 1.165) is 23.3 Å². The number of amides is 2. The number of carbonyl (C=O) groups excluding carboxylic acids is 2. The van der Waals surface area contributed by atoms with Crippen molar-refractivity contribution in [3.63, 3.8) is 0 Å². The molecule has 0 radical (unpaired) electrons. The molecule has 9 heteroatoms. The minimum atomic E-state index is -0.223. The zero-order valence-corrected chi connectivity index (χ0v) is 20.3. The first-order chi connectivity index (χ1) is 16.2. The van der Waals surface area contributed by atoms with Gasteiger partial charge in [0.25, 0.3) is 5.91 Å². The van der Waals surface area contributed by atoms with Gasteiger partial charge in [-0.05, 0) is 24.3 Å². The topological polar surface area (TPSA) is 67.1 Å². The van der Waals surface area contributed by atoms with Crippen molar-refractivity contribution < 1.29 is 14.3 Å². The summed E-state index contributed by atoms with van der Waals surface area (Å²) in [7, 11) is 1.66. The number of anilines is 1. The lowest BCUT2D eigenvalue weighted by Gasteiger charge is -2.36. The van der Waals surface area contributed by atoms with Gasteiger partial charge in [-0.25, -0.2) is 0 Å². The van der Waals surface area contributed by atoms with E-state index in [1.807, 2.05) is 51.9 Å². The number of rotatable bonds is 8. The summed E-state index contributed by atoms with van der Waals surface area (Å²) in [4.78, 5) is 34.3. The number of fused-ring (bicyclic) bond motifs is 1. The van der Waals surface area contributed by atoms with Gasteiger partial charge >= 0.3 is 0 Å². The number of aromatic nitrogens is 1. The third-order valence-corrected chi connectivity index (χ3v) is 7.49. The maximum Gasteiger partial charge on any atom is 0.258 e. The second-order valence-electron chi connectivity index (χ2n) is 7.70. The molecular weight excluding hydrogens is 456 g/mol. The molecule has 0 spiro atoms. The van der Waals surface area contributed by atoms with E-state index in [1.165, 1.54) is 28.8 Å². The minimum Gasteiger partial charge on any atom is -0.383 e. The Hall–Kier alpha value is -2.62. The predicted molar refractivity (Wildman–Crippen MR) is 135 cm³/mol. The molecule has 0 bridgehead atoms.